The van der Waals surface area contributed by atoms with Gasteiger partial charge in [-0.05, 0) is 30.9 Å². The molecule has 3 atom stereocenters. The van der Waals surface area contributed by atoms with Gasteiger partial charge in [-0.2, -0.15) is 0 Å². The predicted molar refractivity (Wildman–Crippen MR) is 90.5 cm³/mol. The summed E-state index contributed by atoms with van der Waals surface area (Å²) >= 11 is 0. The standard InChI is InChI=1S/C19H30O4/c1-4-6-7-15(5-2)11-21-12-17-13-22-19(23-17)16-9-8-14(3)18(20)10-16/h8-10,15,17,19-20H,4-7,11-13H2,1-3H3. The summed E-state index contributed by atoms with van der Waals surface area (Å²) in [5, 5.41) is 9.79. The molecule has 0 amide bonds. The molecule has 3 unspecified atom stereocenters. The van der Waals surface area contributed by atoms with Crippen LogP contribution in [0.2, 0.25) is 0 Å². The zero-order valence-electron chi connectivity index (χ0n) is 14.6. The Bertz CT molecular complexity index is 474. The van der Waals surface area contributed by atoms with Crippen LogP contribution in [0.3, 0.4) is 0 Å². The molecule has 4 nitrogen and oxygen atoms in total. The highest BCUT2D eigenvalue weighted by Crippen LogP contribution is 2.30. The molecule has 130 valence electrons. The Kier molecular flexibility index (Phi) is 7.34. The normalized spacial score (nSPS) is 22.4. The second-order valence-electron chi connectivity index (χ2n) is 6.42. The van der Waals surface area contributed by atoms with E-state index in [4.69, 9.17) is 14.2 Å². The van der Waals surface area contributed by atoms with Gasteiger partial charge in [0.25, 0.3) is 0 Å². The van der Waals surface area contributed by atoms with Crippen LogP contribution in [0.15, 0.2) is 18.2 Å². The van der Waals surface area contributed by atoms with Crippen LogP contribution in [0.4, 0.5) is 0 Å². The Balaban J connectivity index is 1.73. The Morgan fingerprint density at radius 2 is 2.17 bits per heavy atom. The van der Waals surface area contributed by atoms with Crippen molar-refractivity contribution < 1.29 is 19.3 Å². The lowest BCUT2D eigenvalue weighted by atomic mass is 10.0. The van der Waals surface area contributed by atoms with Crippen LogP contribution >= 0.6 is 0 Å². The molecule has 0 aromatic heterocycles. The molecule has 0 radical (unpaired) electrons. The van der Waals surface area contributed by atoms with Gasteiger partial charge in [-0.1, -0.05) is 45.2 Å². The topological polar surface area (TPSA) is 47.9 Å². The number of phenols is 1. The van der Waals surface area contributed by atoms with Crippen LogP contribution in [0.5, 0.6) is 5.75 Å². The van der Waals surface area contributed by atoms with Crippen molar-refractivity contribution in [2.75, 3.05) is 19.8 Å². The summed E-state index contributed by atoms with van der Waals surface area (Å²) in [6, 6.07) is 5.52. The SMILES string of the molecule is CCCCC(CC)COCC1COC(c2ccc(C)c(O)c2)O1. The fraction of sp³-hybridized carbons (Fsp3) is 0.684. The van der Waals surface area contributed by atoms with E-state index in [0.29, 0.717) is 19.1 Å². The minimum Gasteiger partial charge on any atom is -0.508 e. The summed E-state index contributed by atoms with van der Waals surface area (Å²) in [4.78, 5) is 0. The number of hydrogen-bond acceptors (Lipinski definition) is 4. The molecule has 1 aliphatic rings. The van der Waals surface area contributed by atoms with E-state index >= 15 is 0 Å². The number of benzene rings is 1. The van der Waals surface area contributed by atoms with Gasteiger partial charge in [0.1, 0.15) is 11.9 Å². The maximum Gasteiger partial charge on any atom is 0.184 e. The van der Waals surface area contributed by atoms with Crippen LogP contribution < -0.4 is 0 Å². The summed E-state index contributed by atoms with van der Waals surface area (Å²) in [6.07, 6.45) is 4.46. The van der Waals surface area contributed by atoms with Crippen molar-refractivity contribution in [2.24, 2.45) is 5.92 Å². The van der Waals surface area contributed by atoms with Crippen LogP contribution in [0.25, 0.3) is 0 Å². The Labute approximate surface area is 139 Å². The summed E-state index contributed by atoms with van der Waals surface area (Å²) in [5.41, 5.74) is 1.70. The van der Waals surface area contributed by atoms with Crippen LogP contribution in [-0.4, -0.2) is 31.0 Å². The first-order valence-electron chi connectivity index (χ1n) is 8.78. The number of phenolic OH excluding ortho intramolecular Hbond substituents is 1. The lowest BCUT2D eigenvalue weighted by Gasteiger charge is -2.17. The number of ether oxygens (including phenoxy) is 3. The maximum atomic E-state index is 9.79. The molecule has 1 saturated heterocycles. The quantitative estimate of drug-likeness (QED) is 0.734. The molecule has 0 spiro atoms. The maximum absolute atomic E-state index is 9.79. The first kappa shape index (κ1) is 18.2. The van der Waals surface area contributed by atoms with E-state index in [1.54, 1.807) is 6.07 Å². The second kappa shape index (κ2) is 9.26. The van der Waals surface area contributed by atoms with Crippen LogP contribution in [-0.2, 0) is 14.2 Å². The molecule has 0 bridgehead atoms. The van der Waals surface area contributed by atoms with Gasteiger partial charge in [-0.15, -0.1) is 0 Å². The van der Waals surface area contributed by atoms with E-state index in [1.165, 1.54) is 19.3 Å². The van der Waals surface area contributed by atoms with Gasteiger partial charge in [0.05, 0.1) is 13.2 Å². The molecule has 2 rings (SSSR count). The lowest BCUT2D eigenvalue weighted by Crippen LogP contribution is -2.20. The average Bonchev–Trinajstić information content (AvgIpc) is 3.02. The summed E-state index contributed by atoms with van der Waals surface area (Å²) in [6.45, 7) is 8.21. The van der Waals surface area contributed by atoms with Crippen molar-refractivity contribution in [1.82, 2.24) is 0 Å². The monoisotopic (exact) mass is 322 g/mol. The summed E-state index contributed by atoms with van der Waals surface area (Å²) in [5.74, 6) is 0.915. The third-order valence-corrected chi connectivity index (χ3v) is 4.46. The zero-order valence-corrected chi connectivity index (χ0v) is 14.6. The minimum absolute atomic E-state index is 0.0351. The Morgan fingerprint density at radius 1 is 1.35 bits per heavy atom. The number of rotatable bonds is 9. The van der Waals surface area contributed by atoms with Crippen molar-refractivity contribution in [3.05, 3.63) is 29.3 Å². The molecule has 1 heterocycles. The molecule has 23 heavy (non-hydrogen) atoms. The van der Waals surface area contributed by atoms with E-state index in [9.17, 15) is 5.11 Å². The smallest absolute Gasteiger partial charge is 0.184 e. The first-order valence-corrected chi connectivity index (χ1v) is 8.78. The first-order chi connectivity index (χ1) is 11.1. The fourth-order valence-corrected chi connectivity index (χ4v) is 2.75. The Hall–Kier alpha value is -1.10. The predicted octanol–water partition coefficient (Wildman–Crippen LogP) is 4.35. The van der Waals surface area contributed by atoms with E-state index in [1.807, 2.05) is 19.1 Å². The molecule has 1 aromatic carbocycles. The van der Waals surface area contributed by atoms with Gasteiger partial charge in [0.15, 0.2) is 6.29 Å². The highest BCUT2D eigenvalue weighted by molar-refractivity contribution is 5.35. The number of aromatic hydroxyl groups is 1. The minimum atomic E-state index is -0.405. The van der Waals surface area contributed by atoms with Crippen molar-refractivity contribution >= 4 is 0 Å². The average molecular weight is 322 g/mol. The van der Waals surface area contributed by atoms with Gasteiger partial charge in [0, 0.05) is 12.2 Å². The van der Waals surface area contributed by atoms with Gasteiger partial charge in [-0.3, -0.25) is 0 Å². The van der Waals surface area contributed by atoms with Crippen molar-refractivity contribution in [2.45, 2.75) is 58.8 Å². The molecule has 0 saturated carbocycles. The van der Waals surface area contributed by atoms with E-state index in [-0.39, 0.29) is 11.9 Å². The number of aryl methyl sites for hydroxylation is 1. The zero-order chi connectivity index (χ0) is 16.7. The molecular weight excluding hydrogens is 292 g/mol. The Morgan fingerprint density at radius 3 is 2.87 bits per heavy atom. The summed E-state index contributed by atoms with van der Waals surface area (Å²) in [7, 11) is 0. The highest BCUT2D eigenvalue weighted by Gasteiger charge is 2.28. The molecule has 1 aromatic rings. The molecule has 1 N–H and O–H groups in total. The lowest BCUT2D eigenvalue weighted by molar-refractivity contribution is -0.0759. The van der Waals surface area contributed by atoms with Gasteiger partial charge >= 0.3 is 0 Å². The molecule has 1 fully saturated rings. The van der Waals surface area contributed by atoms with Gasteiger partial charge < -0.3 is 19.3 Å². The van der Waals surface area contributed by atoms with Crippen molar-refractivity contribution in [3.8, 4) is 5.75 Å². The van der Waals surface area contributed by atoms with Gasteiger partial charge in [-0.25, -0.2) is 0 Å². The third-order valence-electron chi connectivity index (χ3n) is 4.46. The van der Waals surface area contributed by atoms with Gasteiger partial charge in [0.2, 0.25) is 0 Å². The number of hydrogen-bond donors (Lipinski definition) is 1. The second-order valence-corrected chi connectivity index (χ2v) is 6.42. The van der Waals surface area contributed by atoms with Crippen LogP contribution in [0, 0.1) is 12.8 Å². The highest BCUT2D eigenvalue weighted by atomic mass is 16.7. The molecule has 1 aliphatic heterocycles. The summed E-state index contributed by atoms with van der Waals surface area (Å²) < 4.78 is 17.4. The van der Waals surface area contributed by atoms with E-state index in [2.05, 4.69) is 13.8 Å². The van der Waals surface area contributed by atoms with E-state index < -0.39 is 6.29 Å². The number of unbranched alkanes of at least 4 members (excludes halogenated alkanes) is 1. The molecule has 4 heteroatoms. The van der Waals surface area contributed by atoms with E-state index in [0.717, 1.165) is 24.2 Å². The molecular formula is C19H30O4. The largest absolute Gasteiger partial charge is 0.508 e. The van der Waals surface area contributed by atoms with Crippen molar-refractivity contribution in [1.29, 1.82) is 0 Å². The molecule has 0 aliphatic carbocycles. The third kappa shape index (κ3) is 5.48. The van der Waals surface area contributed by atoms with Crippen molar-refractivity contribution in [3.63, 3.8) is 0 Å². The fourth-order valence-electron chi connectivity index (χ4n) is 2.75. The van der Waals surface area contributed by atoms with Crippen LogP contribution in [0.1, 0.15) is 56.9 Å².